The lowest BCUT2D eigenvalue weighted by Crippen LogP contribution is -2.18. The topological polar surface area (TPSA) is 80.3 Å². The van der Waals surface area contributed by atoms with Crippen LogP contribution in [0.1, 0.15) is 20.8 Å². The Labute approximate surface area is 173 Å². The van der Waals surface area contributed by atoms with Gasteiger partial charge in [0.1, 0.15) is 17.2 Å². The summed E-state index contributed by atoms with van der Waals surface area (Å²) in [6, 6.07) is 23.6. The van der Waals surface area contributed by atoms with E-state index in [1.807, 2.05) is 54.6 Å². The number of nitrogens with zero attached hydrogens (tertiary/aromatic N) is 1. The van der Waals surface area contributed by atoms with Crippen LogP contribution in [-0.2, 0) is 0 Å². The van der Waals surface area contributed by atoms with Gasteiger partial charge in [-0.25, -0.2) is 0 Å². The van der Waals surface area contributed by atoms with Crippen LogP contribution >= 0.6 is 0 Å². The quantitative estimate of drug-likeness (QED) is 0.514. The number of ether oxygens (including phenoxy) is 1. The van der Waals surface area contributed by atoms with E-state index in [4.69, 9.17) is 4.74 Å². The Kier molecular flexibility index (Phi) is 5.39. The maximum atomic E-state index is 12.7. The van der Waals surface area contributed by atoms with Gasteiger partial charge in [-0.05, 0) is 53.2 Å². The van der Waals surface area contributed by atoms with Crippen molar-refractivity contribution in [2.45, 2.75) is 0 Å². The number of hydrogen-bond acceptors (Lipinski definition) is 4. The molecule has 0 radical (unpaired) electrons. The van der Waals surface area contributed by atoms with Gasteiger partial charge in [-0.1, -0.05) is 30.3 Å². The van der Waals surface area contributed by atoms with E-state index in [1.54, 1.807) is 31.3 Å². The van der Waals surface area contributed by atoms with Crippen molar-refractivity contribution in [3.8, 4) is 11.5 Å². The minimum Gasteiger partial charge on any atom is -0.457 e. The molecule has 1 heterocycles. The Morgan fingerprint density at radius 1 is 0.833 bits per heavy atom. The standard InChI is InChI=1S/C24H19N3O3/c1-25-24(29)22-15-19(12-13-26-22)30-18-10-11-20-16(14-18)6-5-9-21(20)23(28)27-17-7-3-2-4-8-17/h2-15H,1H3,(H,25,29)(H,27,28). The molecule has 2 N–H and O–H groups in total. The van der Waals surface area contributed by atoms with Crippen LogP contribution in [-0.4, -0.2) is 23.8 Å². The molecule has 6 nitrogen and oxygen atoms in total. The summed E-state index contributed by atoms with van der Waals surface area (Å²) in [7, 11) is 1.55. The van der Waals surface area contributed by atoms with Gasteiger partial charge in [-0.3, -0.25) is 14.6 Å². The minimum absolute atomic E-state index is 0.176. The smallest absolute Gasteiger partial charge is 0.269 e. The molecule has 4 aromatic rings. The number of nitrogens with one attached hydrogen (secondary N) is 2. The van der Waals surface area contributed by atoms with Gasteiger partial charge in [0.15, 0.2) is 0 Å². The number of aromatic nitrogens is 1. The van der Waals surface area contributed by atoms with Crippen molar-refractivity contribution < 1.29 is 14.3 Å². The molecule has 0 aliphatic heterocycles. The number of amides is 2. The number of anilines is 1. The van der Waals surface area contributed by atoms with Crippen molar-refractivity contribution in [3.63, 3.8) is 0 Å². The highest BCUT2D eigenvalue weighted by Gasteiger charge is 2.12. The van der Waals surface area contributed by atoms with Gasteiger partial charge in [0.2, 0.25) is 0 Å². The largest absolute Gasteiger partial charge is 0.457 e. The summed E-state index contributed by atoms with van der Waals surface area (Å²) < 4.78 is 5.90. The van der Waals surface area contributed by atoms with Gasteiger partial charge in [0.25, 0.3) is 11.8 Å². The molecule has 0 unspecified atom stereocenters. The molecule has 0 atom stereocenters. The fourth-order valence-corrected chi connectivity index (χ4v) is 3.11. The summed E-state index contributed by atoms with van der Waals surface area (Å²) in [5.74, 6) is 0.635. The maximum absolute atomic E-state index is 12.7. The predicted molar refractivity (Wildman–Crippen MR) is 116 cm³/mol. The number of fused-ring (bicyclic) bond motifs is 1. The highest BCUT2D eigenvalue weighted by molar-refractivity contribution is 6.13. The molecule has 4 rings (SSSR count). The number of pyridine rings is 1. The van der Waals surface area contributed by atoms with E-state index in [9.17, 15) is 9.59 Å². The SMILES string of the molecule is CNC(=O)c1cc(Oc2ccc3c(C(=O)Nc4ccccc4)cccc3c2)ccn1. The number of hydrogen-bond donors (Lipinski definition) is 2. The van der Waals surface area contributed by atoms with Crippen LogP contribution in [0, 0.1) is 0 Å². The molecule has 30 heavy (non-hydrogen) atoms. The molecule has 1 aromatic heterocycles. The highest BCUT2D eigenvalue weighted by Crippen LogP contribution is 2.28. The van der Waals surface area contributed by atoms with Crippen LogP contribution in [0.5, 0.6) is 11.5 Å². The molecular weight excluding hydrogens is 378 g/mol. The van der Waals surface area contributed by atoms with Crippen molar-refractivity contribution in [2.24, 2.45) is 0 Å². The van der Waals surface area contributed by atoms with Gasteiger partial charge < -0.3 is 15.4 Å². The van der Waals surface area contributed by atoms with E-state index in [0.29, 0.717) is 17.1 Å². The number of carbonyl (C=O) groups excluding carboxylic acids is 2. The first-order valence-electron chi connectivity index (χ1n) is 9.39. The fourth-order valence-electron chi connectivity index (χ4n) is 3.11. The van der Waals surface area contributed by atoms with Crippen LogP contribution < -0.4 is 15.4 Å². The van der Waals surface area contributed by atoms with E-state index in [2.05, 4.69) is 15.6 Å². The second-order valence-electron chi connectivity index (χ2n) is 6.57. The van der Waals surface area contributed by atoms with Crippen LogP contribution in [0.3, 0.4) is 0 Å². The number of para-hydroxylation sites is 1. The molecular formula is C24H19N3O3. The average Bonchev–Trinajstić information content (AvgIpc) is 2.78. The Balaban J connectivity index is 1.60. The summed E-state index contributed by atoms with van der Waals surface area (Å²) >= 11 is 0. The van der Waals surface area contributed by atoms with Crippen LogP contribution in [0.2, 0.25) is 0 Å². The Morgan fingerprint density at radius 3 is 2.43 bits per heavy atom. The van der Waals surface area contributed by atoms with E-state index >= 15 is 0 Å². The molecule has 0 fully saturated rings. The molecule has 3 aromatic carbocycles. The molecule has 0 aliphatic carbocycles. The van der Waals surface area contributed by atoms with Crippen molar-refractivity contribution in [3.05, 3.63) is 96.3 Å². The first-order valence-corrected chi connectivity index (χ1v) is 9.39. The Morgan fingerprint density at radius 2 is 1.63 bits per heavy atom. The second-order valence-corrected chi connectivity index (χ2v) is 6.57. The van der Waals surface area contributed by atoms with Crippen LogP contribution in [0.15, 0.2) is 85.1 Å². The van der Waals surface area contributed by atoms with Crippen LogP contribution in [0.4, 0.5) is 5.69 Å². The third kappa shape index (κ3) is 4.12. The average molecular weight is 397 g/mol. The van der Waals surface area contributed by atoms with Crippen molar-refractivity contribution in [2.75, 3.05) is 12.4 Å². The highest BCUT2D eigenvalue weighted by atomic mass is 16.5. The lowest BCUT2D eigenvalue weighted by molar-refractivity contribution is 0.0957. The van der Waals surface area contributed by atoms with Gasteiger partial charge in [0.05, 0.1) is 0 Å². The molecule has 0 saturated heterocycles. The lowest BCUT2D eigenvalue weighted by Gasteiger charge is -2.11. The summed E-state index contributed by atoms with van der Waals surface area (Å²) in [4.78, 5) is 28.5. The number of benzene rings is 3. The fraction of sp³-hybridized carbons (Fsp3) is 0.0417. The van der Waals surface area contributed by atoms with E-state index in [1.165, 1.54) is 6.20 Å². The maximum Gasteiger partial charge on any atom is 0.269 e. The summed E-state index contributed by atoms with van der Waals surface area (Å²) in [6.07, 6.45) is 1.52. The number of rotatable bonds is 5. The van der Waals surface area contributed by atoms with Gasteiger partial charge in [0, 0.05) is 30.6 Å². The first-order chi connectivity index (χ1) is 14.6. The molecule has 0 aliphatic rings. The number of carbonyl (C=O) groups is 2. The Hall–Kier alpha value is -4.19. The summed E-state index contributed by atoms with van der Waals surface area (Å²) in [5.41, 5.74) is 1.59. The molecule has 0 spiro atoms. The molecule has 6 heteroatoms. The normalized spacial score (nSPS) is 10.4. The third-order valence-electron chi connectivity index (χ3n) is 4.55. The minimum atomic E-state index is -0.284. The predicted octanol–water partition coefficient (Wildman–Crippen LogP) is 4.64. The van der Waals surface area contributed by atoms with Crippen molar-refractivity contribution in [1.82, 2.24) is 10.3 Å². The van der Waals surface area contributed by atoms with E-state index in [-0.39, 0.29) is 17.5 Å². The van der Waals surface area contributed by atoms with Crippen LogP contribution in [0.25, 0.3) is 10.8 Å². The lowest BCUT2D eigenvalue weighted by atomic mass is 10.0. The molecule has 0 saturated carbocycles. The van der Waals surface area contributed by atoms with Gasteiger partial charge in [-0.15, -0.1) is 0 Å². The monoisotopic (exact) mass is 397 g/mol. The first kappa shape index (κ1) is 19.1. The summed E-state index contributed by atoms with van der Waals surface area (Å²) in [5, 5.41) is 7.14. The zero-order valence-electron chi connectivity index (χ0n) is 16.3. The molecule has 2 amide bonds. The molecule has 0 bridgehead atoms. The Bertz CT molecular complexity index is 1220. The van der Waals surface area contributed by atoms with Gasteiger partial charge in [-0.2, -0.15) is 0 Å². The third-order valence-corrected chi connectivity index (χ3v) is 4.55. The van der Waals surface area contributed by atoms with Crippen molar-refractivity contribution >= 4 is 28.3 Å². The van der Waals surface area contributed by atoms with E-state index < -0.39 is 0 Å². The second kappa shape index (κ2) is 8.45. The zero-order chi connectivity index (χ0) is 20.9. The zero-order valence-corrected chi connectivity index (χ0v) is 16.3. The van der Waals surface area contributed by atoms with Crippen molar-refractivity contribution in [1.29, 1.82) is 0 Å². The molecule has 148 valence electrons. The van der Waals surface area contributed by atoms with Gasteiger partial charge >= 0.3 is 0 Å². The van der Waals surface area contributed by atoms with E-state index in [0.717, 1.165) is 16.5 Å². The summed E-state index contributed by atoms with van der Waals surface area (Å²) in [6.45, 7) is 0.